The van der Waals surface area contributed by atoms with Crippen molar-refractivity contribution in [2.24, 2.45) is 0 Å². The average Bonchev–Trinajstić information content (AvgIpc) is 2.45. The first kappa shape index (κ1) is 14.3. The van der Waals surface area contributed by atoms with Crippen molar-refractivity contribution in [3.63, 3.8) is 0 Å². The number of carbonyl (C=O) groups excluding carboxylic acids is 1. The van der Waals surface area contributed by atoms with Crippen LogP contribution in [0.25, 0.3) is 10.9 Å². The summed E-state index contributed by atoms with van der Waals surface area (Å²) >= 11 is 0. The molecule has 0 radical (unpaired) electrons. The van der Waals surface area contributed by atoms with Gasteiger partial charge in [-0.2, -0.15) is 0 Å². The second-order valence-corrected chi connectivity index (χ2v) is 4.83. The highest BCUT2D eigenvalue weighted by Gasteiger charge is 2.20. The quantitative estimate of drug-likeness (QED) is 0.924. The van der Waals surface area contributed by atoms with E-state index in [4.69, 9.17) is 10.5 Å². The van der Waals surface area contributed by atoms with E-state index in [0.717, 1.165) is 10.9 Å². The molecule has 1 amide bonds. The standard InChI is InChI=1S/C15H19N3O2/c1-10(9-20-3)18(2)15(19)12-8-14(16)17-13-7-5-4-6-11(12)13/h4-8,10H,9H2,1-3H3,(H2,16,17). The molecule has 0 spiro atoms. The molecule has 5 nitrogen and oxygen atoms in total. The summed E-state index contributed by atoms with van der Waals surface area (Å²) in [5.74, 6) is 0.264. The van der Waals surface area contributed by atoms with Gasteiger partial charge in [0.1, 0.15) is 5.82 Å². The first-order valence-corrected chi connectivity index (χ1v) is 6.46. The Morgan fingerprint density at radius 1 is 1.45 bits per heavy atom. The lowest BCUT2D eigenvalue weighted by Crippen LogP contribution is -2.38. The van der Waals surface area contributed by atoms with E-state index in [2.05, 4.69) is 4.98 Å². The van der Waals surface area contributed by atoms with E-state index in [0.29, 0.717) is 18.0 Å². The van der Waals surface area contributed by atoms with Gasteiger partial charge in [0.05, 0.1) is 23.7 Å². The minimum absolute atomic E-state index is 0.0133. The molecule has 1 heterocycles. The fraction of sp³-hybridized carbons (Fsp3) is 0.333. The van der Waals surface area contributed by atoms with Gasteiger partial charge in [0.2, 0.25) is 0 Å². The van der Waals surface area contributed by atoms with E-state index >= 15 is 0 Å². The highest BCUT2D eigenvalue weighted by Crippen LogP contribution is 2.21. The number of anilines is 1. The van der Waals surface area contributed by atoms with Crippen LogP contribution in [-0.2, 0) is 4.74 Å². The molecule has 0 aliphatic rings. The summed E-state index contributed by atoms with van der Waals surface area (Å²) in [6.07, 6.45) is 0. The number of rotatable bonds is 4. The molecule has 20 heavy (non-hydrogen) atoms. The van der Waals surface area contributed by atoms with Gasteiger partial charge >= 0.3 is 0 Å². The Kier molecular flexibility index (Phi) is 4.20. The van der Waals surface area contributed by atoms with Crippen LogP contribution in [0.2, 0.25) is 0 Å². The molecular formula is C15H19N3O2. The largest absolute Gasteiger partial charge is 0.384 e. The Morgan fingerprint density at radius 3 is 2.85 bits per heavy atom. The maximum Gasteiger partial charge on any atom is 0.254 e. The van der Waals surface area contributed by atoms with Crippen LogP contribution >= 0.6 is 0 Å². The molecule has 2 rings (SSSR count). The fourth-order valence-corrected chi connectivity index (χ4v) is 2.12. The number of hydrogen-bond donors (Lipinski definition) is 1. The van der Waals surface area contributed by atoms with Gasteiger partial charge in [-0.15, -0.1) is 0 Å². The number of nitrogens with zero attached hydrogens (tertiary/aromatic N) is 2. The number of aromatic nitrogens is 1. The van der Waals surface area contributed by atoms with Crippen LogP contribution in [0.3, 0.4) is 0 Å². The number of likely N-dealkylation sites (N-methyl/N-ethyl adjacent to an activating group) is 1. The van der Waals surface area contributed by atoms with E-state index in [1.807, 2.05) is 31.2 Å². The Morgan fingerprint density at radius 2 is 2.15 bits per heavy atom. The number of fused-ring (bicyclic) bond motifs is 1. The molecule has 0 aliphatic carbocycles. The van der Waals surface area contributed by atoms with Crippen LogP contribution in [0.1, 0.15) is 17.3 Å². The van der Waals surface area contributed by atoms with E-state index in [-0.39, 0.29) is 11.9 Å². The number of benzene rings is 1. The van der Waals surface area contributed by atoms with Gasteiger partial charge in [0, 0.05) is 19.5 Å². The molecule has 1 atom stereocenters. The molecule has 0 saturated heterocycles. The van der Waals surface area contributed by atoms with Crippen molar-refractivity contribution in [3.8, 4) is 0 Å². The van der Waals surface area contributed by atoms with E-state index < -0.39 is 0 Å². The summed E-state index contributed by atoms with van der Waals surface area (Å²) in [7, 11) is 3.38. The third-order valence-corrected chi connectivity index (χ3v) is 3.36. The predicted molar refractivity (Wildman–Crippen MR) is 79.6 cm³/mol. The molecule has 1 aromatic heterocycles. The zero-order chi connectivity index (χ0) is 14.7. The van der Waals surface area contributed by atoms with Crippen LogP contribution in [-0.4, -0.2) is 42.6 Å². The van der Waals surface area contributed by atoms with E-state index in [1.54, 1.807) is 25.1 Å². The van der Waals surface area contributed by atoms with E-state index in [9.17, 15) is 4.79 Å². The Labute approximate surface area is 118 Å². The average molecular weight is 273 g/mol. The van der Waals surface area contributed by atoms with Crippen LogP contribution < -0.4 is 5.73 Å². The zero-order valence-corrected chi connectivity index (χ0v) is 12.0. The van der Waals surface area contributed by atoms with Crippen molar-refractivity contribution in [1.82, 2.24) is 9.88 Å². The molecule has 1 aromatic carbocycles. The number of para-hydroxylation sites is 1. The third kappa shape index (κ3) is 2.72. The van der Waals surface area contributed by atoms with Gasteiger partial charge in [0.25, 0.3) is 5.91 Å². The normalized spacial score (nSPS) is 12.3. The van der Waals surface area contributed by atoms with Crippen molar-refractivity contribution in [1.29, 1.82) is 0 Å². The van der Waals surface area contributed by atoms with Crippen LogP contribution in [0, 0.1) is 0 Å². The van der Waals surface area contributed by atoms with Crippen molar-refractivity contribution in [2.75, 3.05) is 26.5 Å². The summed E-state index contributed by atoms with van der Waals surface area (Å²) in [6.45, 7) is 2.43. The van der Waals surface area contributed by atoms with Gasteiger partial charge < -0.3 is 15.4 Å². The minimum atomic E-state index is -0.0835. The number of pyridine rings is 1. The van der Waals surface area contributed by atoms with Gasteiger partial charge in [-0.1, -0.05) is 18.2 Å². The number of carbonyl (C=O) groups is 1. The first-order valence-electron chi connectivity index (χ1n) is 6.46. The van der Waals surface area contributed by atoms with E-state index in [1.165, 1.54) is 0 Å². The van der Waals surface area contributed by atoms with Crippen LogP contribution in [0.15, 0.2) is 30.3 Å². The van der Waals surface area contributed by atoms with Crippen molar-refractivity contribution < 1.29 is 9.53 Å². The Bertz CT molecular complexity index is 628. The maximum atomic E-state index is 12.6. The molecule has 0 bridgehead atoms. The lowest BCUT2D eigenvalue weighted by atomic mass is 10.1. The molecular weight excluding hydrogens is 254 g/mol. The Balaban J connectivity index is 2.44. The summed E-state index contributed by atoms with van der Waals surface area (Å²) in [5, 5.41) is 0.808. The smallest absolute Gasteiger partial charge is 0.254 e. The highest BCUT2D eigenvalue weighted by atomic mass is 16.5. The Hall–Kier alpha value is -2.14. The van der Waals surface area contributed by atoms with Crippen molar-refractivity contribution in [2.45, 2.75) is 13.0 Å². The lowest BCUT2D eigenvalue weighted by molar-refractivity contribution is 0.0635. The van der Waals surface area contributed by atoms with Crippen molar-refractivity contribution in [3.05, 3.63) is 35.9 Å². The minimum Gasteiger partial charge on any atom is -0.384 e. The number of nitrogen functional groups attached to an aromatic ring is 1. The molecule has 1 unspecified atom stereocenters. The van der Waals surface area contributed by atoms with Crippen molar-refractivity contribution >= 4 is 22.6 Å². The number of amides is 1. The zero-order valence-electron chi connectivity index (χ0n) is 12.0. The maximum absolute atomic E-state index is 12.6. The first-order chi connectivity index (χ1) is 9.54. The second-order valence-electron chi connectivity index (χ2n) is 4.83. The SMILES string of the molecule is COCC(C)N(C)C(=O)c1cc(N)nc2ccccc12. The topological polar surface area (TPSA) is 68.5 Å². The van der Waals surface area contributed by atoms with Gasteiger partial charge in [-0.3, -0.25) is 4.79 Å². The van der Waals surface area contributed by atoms with Gasteiger partial charge in [-0.05, 0) is 19.1 Å². The van der Waals surface area contributed by atoms with Crippen LogP contribution in [0.5, 0.6) is 0 Å². The summed E-state index contributed by atoms with van der Waals surface area (Å²) < 4.78 is 5.09. The third-order valence-electron chi connectivity index (χ3n) is 3.36. The number of methoxy groups -OCH3 is 1. The molecule has 0 fully saturated rings. The monoisotopic (exact) mass is 273 g/mol. The summed E-state index contributed by atoms with van der Waals surface area (Å²) in [5.41, 5.74) is 7.08. The number of ether oxygens (including phenoxy) is 1. The molecule has 5 heteroatoms. The number of hydrogen-bond acceptors (Lipinski definition) is 4. The molecule has 0 aliphatic heterocycles. The predicted octanol–water partition coefficient (Wildman–Crippen LogP) is 1.92. The van der Waals surface area contributed by atoms with Gasteiger partial charge in [0.15, 0.2) is 0 Å². The molecule has 2 N–H and O–H groups in total. The lowest BCUT2D eigenvalue weighted by Gasteiger charge is -2.25. The molecule has 106 valence electrons. The number of nitrogens with two attached hydrogens (primary N) is 1. The second kappa shape index (κ2) is 5.88. The fourth-order valence-electron chi connectivity index (χ4n) is 2.12. The summed E-state index contributed by atoms with van der Waals surface area (Å²) in [4.78, 5) is 18.5. The highest BCUT2D eigenvalue weighted by molar-refractivity contribution is 6.06. The van der Waals surface area contributed by atoms with Crippen LogP contribution in [0.4, 0.5) is 5.82 Å². The van der Waals surface area contributed by atoms with Gasteiger partial charge in [-0.25, -0.2) is 4.98 Å². The molecule has 2 aromatic rings. The summed E-state index contributed by atoms with van der Waals surface area (Å²) in [6, 6.07) is 9.10. The molecule has 0 saturated carbocycles.